The van der Waals surface area contributed by atoms with Gasteiger partial charge in [0.05, 0.1) is 0 Å². The highest BCUT2D eigenvalue weighted by Gasteiger charge is 2.22. The predicted molar refractivity (Wildman–Crippen MR) is 36.8 cm³/mol. The first-order valence-corrected chi connectivity index (χ1v) is 3.35. The Kier molecular flexibility index (Phi) is 1.73. The average molecular weight is 193 g/mol. The molecule has 1 N–H and O–H groups in total. The maximum absolute atomic E-state index is 12.3. The Morgan fingerprint density at radius 3 is 2.78 bits per heavy atom. The predicted octanol–water partition coefficient (Wildman–Crippen LogP) is 1.88. The van der Waals surface area contributed by atoms with Crippen LogP contribution in [0.1, 0.15) is 6.42 Å². The van der Waals surface area contributed by atoms with Gasteiger partial charge in [-0.05, 0) is 28.1 Å². The molecule has 0 saturated carbocycles. The second kappa shape index (κ2) is 2.23. The van der Waals surface area contributed by atoms with E-state index in [1.165, 1.54) is 18.2 Å². The zero-order valence-corrected chi connectivity index (χ0v) is 6.23. The van der Waals surface area contributed by atoms with Gasteiger partial charge in [0, 0.05) is 6.42 Å². The van der Waals surface area contributed by atoms with Crippen molar-refractivity contribution in [2.45, 2.75) is 10.9 Å². The van der Waals surface area contributed by atoms with Crippen molar-refractivity contribution in [2.24, 2.45) is 0 Å². The minimum atomic E-state index is -1.16. The highest BCUT2D eigenvalue weighted by molar-refractivity contribution is 9.10. The van der Waals surface area contributed by atoms with Crippen LogP contribution in [0.25, 0.3) is 0 Å². The summed E-state index contributed by atoms with van der Waals surface area (Å²) in [5, 5.41) is 9.09. The third-order valence-corrected chi connectivity index (χ3v) is 1.59. The molecule has 0 aromatic rings. The zero-order chi connectivity index (χ0) is 6.91. The Morgan fingerprint density at radius 1 is 1.78 bits per heavy atom. The summed E-state index contributed by atoms with van der Waals surface area (Å²) in [6.45, 7) is 0. The van der Waals surface area contributed by atoms with Crippen LogP contribution >= 0.6 is 15.9 Å². The fourth-order valence-corrected chi connectivity index (χ4v) is 1.08. The van der Waals surface area contributed by atoms with Crippen molar-refractivity contribution in [3.8, 4) is 0 Å². The number of aliphatic hydroxyl groups is 1. The van der Waals surface area contributed by atoms with E-state index in [1.54, 1.807) is 0 Å². The van der Waals surface area contributed by atoms with Crippen LogP contribution in [0, 0.1) is 0 Å². The van der Waals surface area contributed by atoms with E-state index in [0.29, 0.717) is 0 Å². The van der Waals surface area contributed by atoms with Crippen molar-refractivity contribution in [1.29, 1.82) is 0 Å². The molecule has 1 aliphatic rings. The first-order valence-electron chi connectivity index (χ1n) is 2.55. The maximum atomic E-state index is 12.3. The molecule has 50 valence electrons. The van der Waals surface area contributed by atoms with Gasteiger partial charge in [-0.1, -0.05) is 6.08 Å². The first-order chi connectivity index (χ1) is 4.10. The molecule has 0 aromatic heterocycles. The monoisotopic (exact) mass is 192 g/mol. The molecular formula is C6H6BrFO. The maximum Gasteiger partial charge on any atom is 0.144 e. The Bertz CT molecular complexity index is 172. The van der Waals surface area contributed by atoms with Gasteiger partial charge < -0.3 is 5.11 Å². The van der Waals surface area contributed by atoms with Crippen LogP contribution < -0.4 is 0 Å². The van der Waals surface area contributed by atoms with Gasteiger partial charge in [-0.15, -0.1) is 0 Å². The SMILES string of the molecule is O[C@@]1(Br)C=CC=C(F)C1. The quantitative estimate of drug-likeness (QED) is 0.582. The first kappa shape index (κ1) is 6.96. The Morgan fingerprint density at radius 2 is 2.44 bits per heavy atom. The standard InChI is InChI=1S/C6H6BrFO/c7-6(9)3-1-2-5(8)4-6/h1-3,9H,4H2/t6-/m0/s1. The molecule has 0 fully saturated rings. The zero-order valence-electron chi connectivity index (χ0n) is 4.64. The molecule has 0 spiro atoms. The van der Waals surface area contributed by atoms with Crippen LogP contribution in [0.4, 0.5) is 4.39 Å². The number of hydrogen-bond donors (Lipinski definition) is 1. The molecule has 0 amide bonds. The Labute approximate surface area is 61.0 Å². The van der Waals surface area contributed by atoms with Crippen LogP contribution in [-0.2, 0) is 0 Å². The second-order valence-electron chi connectivity index (χ2n) is 1.97. The summed E-state index contributed by atoms with van der Waals surface area (Å²) in [5.74, 6) is -0.308. The molecule has 0 aromatic carbocycles. The molecule has 0 aliphatic heterocycles. The van der Waals surface area contributed by atoms with Gasteiger partial charge in [0.2, 0.25) is 0 Å². The van der Waals surface area contributed by atoms with Gasteiger partial charge in [-0.25, -0.2) is 4.39 Å². The fraction of sp³-hybridized carbons (Fsp3) is 0.333. The fourth-order valence-electron chi connectivity index (χ4n) is 0.655. The molecule has 0 heterocycles. The molecule has 1 nitrogen and oxygen atoms in total. The average Bonchev–Trinajstić information content (AvgIpc) is 1.60. The minimum absolute atomic E-state index is 0.0174. The molecule has 3 heteroatoms. The van der Waals surface area contributed by atoms with E-state index in [0.717, 1.165) is 0 Å². The van der Waals surface area contributed by atoms with Crippen molar-refractivity contribution >= 4 is 15.9 Å². The molecule has 0 radical (unpaired) electrons. The lowest BCUT2D eigenvalue weighted by Crippen LogP contribution is -2.17. The van der Waals surface area contributed by atoms with E-state index in [4.69, 9.17) is 5.11 Å². The number of hydrogen-bond acceptors (Lipinski definition) is 1. The van der Waals surface area contributed by atoms with Gasteiger partial charge in [-0.2, -0.15) is 0 Å². The molecular weight excluding hydrogens is 187 g/mol. The van der Waals surface area contributed by atoms with Gasteiger partial charge in [0.1, 0.15) is 10.3 Å². The number of rotatable bonds is 0. The van der Waals surface area contributed by atoms with Crippen molar-refractivity contribution < 1.29 is 9.50 Å². The van der Waals surface area contributed by atoms with Crippen molar-refractivity contribution in [3.63, 3.8) is 0 Å². The van der Waals surface area contributed by atoms with E-state index in [2.05, 4.69) is 15.9 Å². The van der Waals surface area contributed by atoms with Crippen LogP contribution in [0.5, 0.6) is 0 Å². The third-order valence-electron chi connectivity index (χ3n) is 1.05. The smallest absolute Gasteiger partial charge is 0.144 e. The lowest BCUT2D eigenvalue weighted by Gasteiger charge is -2.17. The summed E-state index contributed by atoms with van der Waals surface area (Å²) >= 11 is 2.92. The van der Waals surface area contributed by atoms with Gasteiger partial charge in [-0.3, -0.25) is 0 Å². The van der Waals surface area contributed by atoms with E-state index in [-0.39, 0.29) is 12.2 Å². The lowest BCUT2D eigenvalue weighted by molar-refractivity contribution is 0.185. The molecule has 9 heavy (non-hydrogen) atoms. The lowest BCUT2D eigenvalue weighted by atomic mass is 10.1. The van der Waals surface area contributed by atoms with Crippen molar-refractivity contribution in [2.75, 3.05) is 0 Å². The second-order valence-corrected chi connectivity index (χ2v) is 3.34. The summed E-state index contributed by atoms with van der Waals surface area (Å²) in [6.07, 6.45) is 4.32. The number of alkyl halides is 1. The highest BCUT2D eigenvalue weighted by atomic mass is 79.9. The molecule has 0 unspecified atom stereocenters. The van der Waals surface area contributed by atoms with E-state index < -0.39 is 4.51 Å². The molecule has 0 bridgehead atoms. The largest absolute Gasteiger partial charge is 0.375 e. The molecule has 1 aliphatic carbocycles. The molecule has 1 rings (SSSR count). The summed E-state index contributed by atoms with van der Waals surface area (Å²) in [4.78, 5) is 0. The number of halogens is 2. The minimum Gasteiger partial charge on any atom is -0.375 e. The molecule has 0 saturated heterocycles. The topological polar surface area (TPSA) is 20.2 Å². The van der Waals surface area contributed by atoms with Crippen LogP contribution in [0.15, 0.2) is 24.1 Å². The Balaban J connectivity index is 2.73. The van der Waals surface area contributed by atoms with E-state index in [9.17, 15) is 4.39 Å². The van der Waals surface area contributed by atoms with E-state index in [1.807, 2.05) is 0 Å². The van der Waals surface area contributed by atoms with Gasteiger partial charge in [0.15, 0.2) is 0 Å². The third kappa shape index (κ3) is 1.91. The van der Waals surface area contributed by atoms with Crippen molar-refractivity contribution in [3.05, 3.63) is 24.1 Å². The van der Waals surface area contributed by atoms with Crippen LogP contribution in [-0.4, -0.2) is 9.62 Å². The van der Waals surface area contributed by atoms with Crippen LogP contribution in [0.2, 0.25) is 0 Å². The van der Waals surface area contributed by atoms with Gasteiger partial charge in [0.25, 0.3) is 0 Å². The Hall–Kier alpha value is -0.150. The highest BCUT2D eigenvalue weighted by Crippen LogP contribution is 2.28. The number of allylic oxidation sites excluding steroid dienone is 2. The van der Waals surface area contributed by atoms with Crippen molar-refractivity contribution in [1.82, 2.24) is 0 Å². The molecule has 1 atom stereocenters. The summed E-state index contributed by atoms with van der Waals surface area (Å²) in [7, 11) is 0. The summed E-state index contributed by atoms with van der Waals surface area (Å²) in [6, 6.07) is 0. The van der Waals surface area contributed by atoms with Crippen LogP contribution in [0.3, 0.4) is 0 Å². The summed E-state index contributed by atoms with van der Waals surface area (Å²) in [5.41, 5.74) is 0. The van der Waals surface area contributed by atoms with Gasteiger partial charge >= 0.3 is 0 Å². The summed E-state index contributed by atoms with van der Waals surface area (Å²) < 4.78 is 11.1. The van der Waals surface area contributed by atoms with E-state index >= 15 is 0 Å². The normalized spacial score (nSPS) is 34.3.